The third-order valence-corrected chi connectivity index (χ3v) is 11.8. The van der Waals surface area contributed by atoms with Crippen molar-refractivity contribution in [3.8, 4) is 22.9 Å². The van der Waals surface area contributed by atoms with Gasteiger partial charge in [0.25, 0.3) is 0 Å². The Hall–Kier alpha value is -5.29. The molecule has 0 spiro atoms. The number of sulfone groups is 1. The topological polar surface area (TPSA) is 144 Å². The largest absolute Gasteiger partial charge is 0.436 e. The minimum Gasteiger partial charge on any atom is -0.436 e. The first-order valence-electron chi connectivity index (χ1n) is 17.7. The van der Waals surface area contributed by atoms with Gasteiger partial charge in [0.2, 0.25) is 33.4 Å². The first-order chi connectivity index (χ1) is 24.8. The highest BCUT2D eigenvalue weighted by Gasteiger charge is 2.24. The molecule has 10 nitrogen and oxygen atoms in total. The SMILES string of the molecule is O=C(Nc1ccc(-c2nc3cc(S(=O)(=O)c4ccc5oc(-c6ccc(NC(=O)C7CCCCC7)cc6)nc5c4)ccc3o2)cc1)C1CCCCC1. The van der Waals surface area contributed by atoms with Gasteiger partial charge >= 0.3 is 0 Å². The van der Waals surface area contributed by atoms with Crippen molar-refractivity contribution in [1.82, 2.24) is 9.97 Å². The number of carbonyl (C=O) groups excluding carboxylic acids is 2. The van der Waals surface area contributed by atoms with Crippen LogP contribution >= 0.6 is 0 Å². The van der Waals surface area contributed by atoms with Crippen LogP contribution in [0.4, 0.5) is 11.4 Å². The zero-order valence-electron chi connectivity index (χ0n) is 28.1. The normalized spacial score (nSPS) is 16.0. The fourth-order valence-corrected chi connectivity index (χ4v) is 8.44. The third kappa shape index (κ3) is 6.90. The van der Waals surface area contributed by atoms with E-state index in [0.717, 1.165) is 51.4 Å². The number of fused-ring (bicyclic) bond motifs is 2. The Morgan fingerprint density at radius 3 is 1.33 bits per heavy atom. The number of hydrogen-bond donors (Lipinski definition) is 2. The van der Waals surface area contributed by atoms with Crippen LogP contribution in [-0.4, -0.2) is 30.2 Å². The van der Waals surface area contributed by atoms with E-state index in [-0.39, 0.29) is 33.4 Å². The van der Waals surface area contributed by atoms with Gasteiger partial charge in [-0.25, -0.2) is 18.4 Å². The molecular formula is C40H38N4O6S. The molecule has 2 heterocycles. The summed E-state index contributed by atoms with van der Waals surface area (Å²) >= 11 is 0. The maximum Gasteiger partial charge on any atom is 0.227 e. The molecule has 4 aromatic carbocycles. The van der Waals surface area contributed by atoms with E-state index in [0.29, 0.717) is 56.5 Å². The number of amides is 2. The summed E-state index contributed by atoms with van der Waals surface area (Å²) in [4.78, 5) is 34.6. The van der Waals surface area contributed by atoms with E-state index < -0.39 is 9.84 Å². The first-order valence-corrected chi connectivity index (χ1v) is 19.2. The number of nitrogens with zero attached hydrogens (tertiary/aromatic N) is 2. The van der Waals surface area contributed by atoms with Crippen LogP contribution in [0.25, 0.3) is 45.1 Å². The lowest BCUT2D eigenvalue weighted by atomic mass is 9.88. The summed E-state index contributed by atoms with van der Waals surface area (Å²) in [6.07, 6.45) is 10.5. The molecule has 2 N–H and O–H groups in total. The maximum atomic E-state index is 13.8. The molecule has 6 aromatic rings. The summed E-state index contributed by atoms with van der Waals surface area (Å²) in [5.41, 5.74) is 4.55. The molecular weight excluding hydrogens is 665 g/mol. The molecule has 0 unspecified atom stereocenters. The van der Waals surface area contributed by atoms with Gasteiger partial charge in [-0.1, -0.05) is 38.5 Å². The van der Waals surface area contributed by atoms with Gasteiger partial charge in [-0.05, 0) is 111 Å². The number of benzene rings is 4. The summed E-state index contributed by atoms with van der Waals surface area (Å²) in [6, 6.07) is 23.8. The van der Waals surface area contributed by atoms with Gasteiger partial charge in [-0.3, -0.25) is 9.59 Å². The summed E-state index contributed by atoms with van der Waals surface area (Å²) in [6.45, 7) is 0. The van der Waals surface area contributed by atoms with Crippen LogP contribution < -0.4 is 10.6 Å². The van der Waals surface area contributed by atoms with Crippen LogP contribution in [0.5, 0.6) is 0 Å². The number of rotatable bonds is 8. The number of carbonyl (C=O) groups is 2. The molecule has 8 rings (SSSR count). The van der Waals surface area contributed by atoms with E-state index in [9.17, 15) is 18.0 Å². The first kappa shape index (κ1) is 32.9. The minimum atomic E-state index is -3.93. The molecule has 260 valence electrons. The lowest BCUT2D eigenvalue weighted by Gasteiger charge is -2.20. The van der Waals surface area contributed by atoms with Crippen LogP contribution in [0, 0.1) is 11.8 Å². The third-order valence-electron chi connectivity index (χ3n) is 10.1. The Balaban J connectivity index is 0.969. The Bertz CT molecular complexity index is 2170. The Morgan fingerprint density at radius 2 is 0.941 bits per heavy atom. The van der Waals surface area contributed by atoms with E-state index in [1.165, 1.54) is 37.1 Å². The lowest BCUT2D eigenvalue weighted by molar-refractivity contribution is -0.121. The molecule has 2 amide bonds. The van der Waals surface area contributed by atoms with Gasteiger partial charge in [0.05, 0.1) is 9.79 Å². The highest BCUT2D eigenvalue weighted by atomic mass is 32.2. The Kier molecular flexibility index (Phi) is 8.89. The summed E-state index contributed by atoms with van der Waals surface area (Å²) in [5.74, 6) is 0.938. The second kappa shape index (κ2) is 13.8. The second-order valence-electron chi connectivity index (χ2n) is 13.6. The zero-order valence-corrected chi connectivity index (χ0v) is 28.9. The number of oxazole rings is 2. The molecule has 0 radical (unpaired) electrons. The molecule has 0 aliphatic heterocycles. The number of aromatic nitrogens is 2. The van der Waals surface area contributed by atoms with E-state index in [4.69, 9.17) is 8.83 Å². The van der Waals surface area contributed by atoms with E-state index in [1.54, 1.807) is 12.1 Å². The van der Waals surface area contributed by atoms with Gasteiger partial charge in [-0.2, -0.15) is 0 Å². The summed E-state index contributed by atoms with van der Waals surface area (Å²) in [7, 11) is -3.93. The van der Waals surface area contributed by atoms with Gasteiger partial charge in [0.15, 0.2) is 11.2 Å². The molecule has 2 aromatic heterocycles. The van der Waals surface area contributed by atoms with Gasteiger partial charge in [0, 0.05) is 34.3 Å². The number of nitrogens with one attached hydrogen (secondary N) is 2. The van der Waals surface area contributed by atoms with Crippen molar-refractivity contribution in [1.29, 1.82) is 0 Å². The van der Waals surface area contributed by atoms with Gasteiger partial charge in [-0.15, -0.1) is 0 Å². The molecule has 11 heteroatoms. The highest BCUT2D eigenvalue weighted by Crippen LogP contribution is 2.33. The van der Waals surface area contributed by atoms with Crippen LogP contribution in [0.15, 0.2) is 104 Å². The van der Waals surface area contributed by atoms with Crippen molar-refractivity contribution in [2.24, 2.45) is 11.8 Å². The number of hydrogen-bond acceptors (Lipinski definition) is 8. The average Bonchev–Trinajstić information content (AvgIpc) is 3.80. The molecule has 0 saturated heterocycles. The van der Waals surface area contributed by atoms with Gasteiger partial charge < -0.3 is 19.5 Å². The summed E-state index contributed by atoms with van der Waals surface area (Å²) < 4.78 is 39.5. The van der Waals surface area contributed by atoms with Crippen molar-refractivity contribution in [3.63, 3.8) is 0 Å². The second-order valence-corrected chi connectivity index (χ2v) is 15.6. The minimum absolute atomic E-state index is 0.0586. The van der Waals surface area contributed by atoms with Crippen molar-refractivity contribution < 1.29 is 26.8 Å². The fourth-order valence-electron chi connectivity index (χ4n) is 7.14. The van der Waals surface area contributed by atoms with Crippen molar-refractivity contribution in [2.45, 2.75) is 74.0 Å². The standard InChI is InChI=1S/C40H38N4O6S/c45-37(25-7-3-1-4-8-25)41-29-15-11-27(12-16-29)39-43-33-23-31(19-21-35(33)49-39)51(47,48)32-20-22-36-34(24-32)44-40(50-36)28-13-17-30(18-14-28)42-38(46)26-9-5-2-6-10-26/h11-26H,1-10H2,(H,41,45)(H,42,46). The highest BCUT2D eigenvalue weighted by molar-refractivity contribution is 7.91. The summed E-state index contributed by atoms with van der Waals surface area (Å²) in [5, 5.41) is 6.03. The predicted molar refractivity (Wildman–Crippen MR) is 195 cm³/mol. The quantitative estimate of drug-likeness (QED) is 0.160. The maximum absolute atomic E-state index is 13.8. The van der Waals surface area contributed by atoms with Gasteiger partial charge in [0.1, 0.15) is 11.0 Å². The van der Waals surface area contributed by atoms with Crippen LogP contribution in [0.3, 0.4) is 0 Å². The Labute approximate surface area is 295 Å². The van der Waals surface area contributed by atoms with E-state index in [2.05, 4.69) is 20.6 Å². The molecule has 2 aliphatic carbocycles. The molecule has 2 aliphatic rings. The lowest BCUT2D eigenvalue weighted by Crippen LogP contribution is -2.24. The number of anilines is 2. The van der Waals surface area contributed by atoms with Crippen molar-refractivity contribution in [3.05, 3.63) is 84.9 Å². The van der Waals surface area contributed by atoms with Crippen LogP contribution in [0.2, 0.25) is 0 Å². The molecule has 0 bridgehead atoms. The molecule has 51 heavy (non-hydrogen) atoms. The van der Waals surface area contributed by atoms with E-state index >= 15 is 0 Å². The fraction of sp³-hybridized carbons (Fsp3) is 0.300. The zero-order chi connectivity index (χ0) is 35.0. The van der Waals surface area contributed by atoms with Crippen LogP contribution in [-0.2, 0) is 19.4 Å². The monoisotopic (exact) mass is 702 g/mol. The van der Waals surface area contributed by atoms with Crippen molar-refractivity contribution in [2.75, 3.05) is 10.6 Å². The van der Waals surface area contributed by atoms with Crippen LogP contribution in [0.1, 0.15) is 64.2 Å². The predicted octanol–water partition coefficient (Wildman–Crippen LogP) is 9.17. The average molecular weight is 703 g/mol. The van der Waals surface area contributed by atoms with E-state index in [1.807, 2.05) is 48.5 Å². The molecule has 2 saturated carbocycles. The van der Waals surface area contributed by atoms with Crippen molar-refractivity contribution >= 4 is 55.2 Å². The Morgan fingerprint density at radius 1 is 0.549 bits per heavy atom. The molecule has 0 atom stereocenters. The smallest absolute Gasteiger partial charge is 0.227 e. The molecule has 2 fully saturated rings.